The topological polar surface area (TPSA) is 129 Å². The summed E-state index contributed by atoms with van der Waals surface area (Å²) in [6.45, 7) is 1.76. The van der Waals surface area contributed by atoms with E-state index < -0.39 is 23.3 Å². The van der Waals surface area contributed by atoms with Crippen LogP contribution in [0.1, 0.15) is 23.6 Å². The van der Waals surface area contributed by atoms with Gasteiger partial charge in [-0.2, -0.15) is 0 Å². The zero-order valence-electron chi connectivity index (χ0n) is 25.7. The number of piperidine rings is 1. The van der Waals surface area contributed by atoms with E-state index in [0.717, 1.165) is 17.0 Å². The van der Waals surface area contributed by atoms with E-state index in [1.165, 1.54) is 28.4 Å². The van der Waals surface area contributed by atoms with Crippen LogP contribution in [0.4, 0.5) is 10.5 Å². The number of methoxy groups -OCH3 is 4. The van der Waals surface area contributed by atoms with Gasteiger partial charge < -0.3 is 28.4 Å². The van der Waals surface area contributed by atoms with Gasteiger partial charge >= 0.3 is 6.03 Å². The molecule has 1 aromatic heterocycles. The van der Waals surface area contributed by atoms with Crippen LogP contribution in [0.3, 0.4) is 0 Å². The second-order valence-electron chi connectivity index (χ2n) is 11.8. The van der Waals surface area contributed by atoms with Crippen molar-refractivity contribution in [2.75, 3.05) is 53.0 Å². The summed E-state index contributed by atoms with van der Waals surface area (Å²) in [5.74, 6) is 0.603. The van der Waals surface area contributed by atoms with E-state index in [2.05, 4.69) is 10.2 Å². The first kappa shape index (κ1) is 30.2. The molecule has 12 nitrogen and oxygen atoms in total. The van der Waals surface area contributed by atoms with Crippen LogP contribution in [-0.4, -0.2) is 75.4 Å². The zero-order chi connectivity index (χ0) is 31.9. The van der Waals surface area contributed by atoms with E-state index >= 15 is 0 Å². The molecule has 3 aliphatic rings. The third kappa shape index (κ3) is 5.28. The predicted octanol–water partition coefficient (Wildman–Crippen LogP) is 2.81. The molecular formula is C33H36N4O8. The van der Waals surface area contributed by atoms with Gasteiger partial charge in [0, 0.05) is 43.9 Å². The Balaban J connectivity index is 1.42. The minimum absolute atomic E-state index is 0.0231. The van der Waals surface area contributed by atoms with Crippen molar-refractivity contribution in [3.05, 3.63) is 76.2 Å². The van der Waals surface area contributed by atoms with E-state index in [4.69, 9.17) is 18.9 Å². The molecule has 4 amide bonds. The Morgan fingerprint density at radius 3 is 2.20 bits per heavy atom. The van der Waals surface area contributed by atoms with Crippen LogP contribution in [0.2, 0.25) is 0 Å². The number of urea groups is 1. The van der Waals surface area contributed by atoms with Crippen molar-refractivity contribution in [3.8, 4) is 23.0 Å². The molecule has 45 heavy (non-hydrogen) atoms. The van der Waals surface area contributed by atoms with Gasteiger partial charge in [-0.3, -0.25) is 19.7 Å². The fraction of sp³-hybridized carbons (Fsp3) is 0.394. The summed E-state index contributed by atoms with van der Waals surface area (Å²) in [5, 5.41) is 2.48. The highest BCUT2D eigenvalue weighted by Gasteiger charge is 2.56. The molecule has 2 aromatic carbocycles. The standard InChI is InChI=1S/C33H36N4O8/c1-42-24-10-8-23(9-11-24)37-31(40)33(30(39)34-32(37)41,15-20-13-26(43-2)29(45-4)27(14-20)44-3)19-35-16-21-12-22(18-35)25-6-5-7-28(38)36(25)17-21/h5-11,13-14,21-22H,12,15-19H2,1-4H3,(H,34,39,41)/t21-,22+,33-/m0/s1. The number of rotatable bonds is 9. The van der Waals surface area contributed by atoms with Crippen LogP contribution < -0.4 is 34.7 Å². The van der Waals surface area contributed by atoms with Gasteiger partial charge in [0.1, 0.15) is 11.2 Å². The minimum atomic E-state index is -1.69. The van der Waals surface area contributed by atoms with Gasteiger partial charge in [0.15, 0.2) is 11.5 Å². The number of pyridine rings is 1. The third-order valence-corrected chi connectivity index (χ3v) is 9.08. The van der Waals surface area contributed by atoms with Gasteiger partial charge in [0.2, 0.25) is 11.7 Å². The molecule has 6 rings (SSSR count). The average molecular weight is 617 g/mol. The SMILES string of the molecule is COc1ccc(N2C(=O)NC(=O)[C@](Cc3cc(OC)c(OC)c(OC)c3)(CN3C[C@@H]4C[C@H](C3)c3cccc(=O)n3C4)C2=O)cc1. The first-order chi connectivity index (χ1) is 21.7. The zero-order valence-corrected chi connectivity index (χ0v) is 25.7. The van der Waals surface area contributed by atoms with E-state index in [9.17, 15) is 19.2 Å². The largest absolute Gasteiger partial charge is 0.497 e. The predicted molar refractivity (Wildman–Crippen MR) is 164 cm³/mol. The molecule has 3 aliphatic heterocycles. The van der Waals surface area contributed by atoms with Crippen LogP contribution >= 0.6 is 0 Å². The molecule has 236 valence electrons. The van der Waals surface area contributed by atoms with E-state index in [1.54, 1.807) is 48.5 Å². The number of carbonyl (C=O) groups is 3. The number of nitrogens with one attached hydrogen (secondary N) is 1. The average Bonchev–Trinajstić information content (AvgIpc) is 3.04. The van der Waals surface area contributed by atoms with Crippen molar-refractivity contribution < 1.29 is 33.3 Å². The molecule has 2 saturated heterocycles. The number of hydrogen-bond donors (Lipinski definition) is 1. The number of aromatic nitrogens is 1. The molecule has 0 unspecified atom stereocenters. The van der Waals surface area contributed by atoms with Crippen molar-refractivity contribution in [2.24, 2.45) is 11.3 Å². The van der Waals surface area contributed by atoms with Gasteiger partial charge in [-0.15, -0.1) is 0 Å². The monoisotopic (exact) mass is 616 g/mol. The summed E-state index contributed by atoms with van der Waals surface area (Å²) < 4.78 is 23.7. The number of barbiturate groups is 1. The van der Waals surface area contributed by atoms with Gasteiger partial charge in [-0.1, -0.05) is 6.07 Å². The lowest BCUT2D eigenvalue weighted by Gasteiger charge is -2.47. The maximum absolute atomic E-state index is 14.7. The molecule has 0 aliphatic carbocycles. The highest BCUT2D eigenvalue weighted by molar-refractivity contribution is 6.30. The summed E-state index contributed by atoms with van der Waals surface area (Å²) in [5.41, 5.74) is 0.136. The Kier molecular flexibility index (Phi) is 8.00. The van der Waals surface area contributed by atoms with Crippen LogP contribution in [0.25, 0.3) is 0 Å². The molecule has 3 atom stereocenters. The van der Waals surface area contributed by atoms with Crippen molar-refractivity contribution in [1.29, 1.82) is 0 Å². The normalized spacial score (nSPS) is 22.8. The van der Waals surface area contributed by atoms with E-state index in [0.29, 0.717) is 53.9 Å². The Morgan fingerprint density at radius 2 is 1.56 bits per heavy atom. The molecule has 0 saturated carbocycles. The summed E-state index contributed by atoms with van der Waals surface area (Å²) in [7, 11) is 6.01. The van der Waals surface area contributed by atoms with Gasteiger partial charge in [-0.05, 0) is 66.8 Å². The molecule has 12 heteroatoms. The molecule has 1 N–H and O–H groups in total. The maximum Gasteiger partial charge on any atom is 0.335 e. The highest BCUT2D eigenvalue weighted by Crippen LogP contribution is 2.43. The first-order valence-corrected chi connectivity index (χ1v) is 14.8. The number of likely N-dealkylation sites (tertiary alicyclic amines) is 1. The Morgan fingerprint density at radius 1 is 0.844 bits per heavy atom. The van der Waals surface area contributed by atoms with Gasteiger partial charge in [0.05, 0.1) is 34.1 Å². The second kappa shape index (κ2) is 11.9. The number of benzene rings is 2. The fourth-order valence-electron chi connectivity index (χ4n) is 7.09. The number of ether oxygens (including phenoxy) is 4. The maximum atomic E-state index is 14.7. The molecule has 0 spiro atoms. The van der Waals surface area contributed by atoms with Gasteiger partial charge in [0.25, 0.3) is 11.5 Å². The smallest absolute Gasteiger partial charge is 0.335 e. The lowest BCUT2D eigenvalue weighted by molar-refractivity contribution is -0.144. The van der Waals surface area contributed by atoms with Crippen LogP contribution in [0.5, 0.6) is 23.0 Å². The lowest BCUT2D eigenvalue weighted by atomic mass is 9.75. The lowest BCUT2D eigenvalue weighted by Crippen LogP contribution is -2.68. The minimum Gasteiger partial charge on any atom is -0.497 e. The van der Waals surface area contributed by atoms with Crippen molar-refractivity contribution in [1.82, 2.24) is 14.8 Å². The van der Waals surface area contributed by atoms with Crippen molar-refractivity contribution in [2.45, 2.75) is 25.3 Å². The number of imide groups is 2. The summed E-state index contributed by atoms with van der Waals surface area (Å²) in [4.78, 5) is 57.7. The molecular weight excluding hydrogens is 580 g/mol. The van der Waals surface area contributed by atoms with Gasteiger partial charge in [-0.25, -0.2) is 9.69 Å². The van der Waals surface area contributed by atoms with E-state index in [1.807, 2.05) is 10.6 Å². The van der Waals surface area contributed by atoms with Crippen LogP contribution in [0.15, 0.2) is 59.4 Å². The second-order valence-corrected chi connectivity index (χ2v) is 11.8. The number of amides is 4. The third-order valence-electron chi connectivity index (χ3n) is 9.08. The molecule has 2 bridgehead atoms. The number of hydrogen-bond acceptors (Lipinski definition) is 9. The number of fused-ring (bicyclic) bond motifs is 4. The van der Waals surface area contributed by atoms with Crippen molar-refractivity contribution in [3.63, 3.8) is 0 Å². The van der Waals surface area contributed by atoms with Crippen molar-refractivity contribution >= 4 is 23.5 Å². The number of anilines is 1. The fourth-order valence-corrected chi connectivity index (χ4v) is 7.09. The Bertz CT molecular complexity index is 1680. The summed E-state index contributed by atoms with van der Waals surface area (Å²) in [6, 6.07) is 14.4. The Hall–Kier alpha value is -4.84. The molecule has 3 aromatic rings. The summed E-state index contributed by atoms with van der Waals surface area (Å²) >= 11 is 0. The quantitative estimate of drug-likeness (QED) is 0.361. The molecule has 2 fully saturated rings. The molecule has 0 radical (unpaired) electrons. The summed E-state index contributed by atoms with van der Waals surface area (Å²) in [6.07, 6.45) is 0.868. The molecule has 4 heterocycles. The highest BCUT2D eigenvalue weighted by atomic mass is 16.5. The first-order valence-electron chi connectivity index (χ1n) is 14.8. The van der Waals surface area contributed by atoms with Crippen LogP contribution in [0, 0.1) is 11.3 Å². The van der Waals surface area contributed by atoms with E-state index in [-0.39, 0.29) is 30.4 Å². The Labute approximate surface area is 260 Å². The number of carbonyl (C=O) groups excluding carboxylic acids is 3. The van der Waals surface area contributed by atoms with Crippen LogP contribution in [-0.2, 0) is 22.6 Å². The number of nitrogens with zero attached hydrogens (tertiary/aromatic N) is 3.